The molecule has 1 saturated carbocycles. The highest BCUT2D eigenvalue weighted by atomic mass is 16.3. The molecule has 0 aromatic rings. The molecule has 1 atom stereocenters. The monoisotopic (exact) mass is 228 g/mol. The van der Waals surface area contributed by atoms with Crippen molar-refractivity contribution in [2.45, 2.75) is 51.6 Å². The topological polar surface area (TPSA) is 61.4 Å². The summed E-state index contributed by atoms with van der Waals surface area (Å²) in [6, 6.07) is 0.754. The minimum Gasteiger partial charge on any atom is -0.396 e. The average molecular weight is 228 g/mol. The molecule has 4 nitrogen and oxygen atoms in total. The quantitative estimate of drug-likeness (QED) is 0.572. The van der Waals surface area contributed by atoms with Crippen LogP contribution in [0, 0.1) is 5.92 Å². The molecule has 0 saturated heterocycles. The van der Waals surface area contributed by atoms with E-state index in [9.17, 15) is 4.79 Å². The second-order valence-electron chi connectivity index (χ2n) is 4.91. The molecule has 1 aliphatic carbocycles. The lowest BCUT2D eigenvalue weighted by atomic mass is 10.0. The number of hydrogen-bond donors (Lipinski definition) is 3. The molecule has 3 N–H and O–H groups in total. The van der Waals surface area contributed by atoms with Crippen LogP contribution in [0.25, 0.3) is 0 Å². The minimum atomic E-state index is 0.0836. The maximum absolute atomic E-state index is 11.6. The van der Waals surface area contributed by atoms with Crippen molar-refractivity contribution in [1.29, 1.82) is 0 Å². The zero-order valence-electron chi connectivity index (χ0n) is 10.3. The Labute approximate surface area is 97.8 Å². The molecule has 1 unspecified atom stereocenters. The Bertz CT molecular complexity index is 215. The van der Waals surface area contributed by atoms with Crippen LogP contribution in [0.1, 0.15) is 39.5 Å². The van der Waals surface area contributed by atoms with Crippen molar-refractivity contribution in [1.82, 2.24) is 10.6 Å². The van der Waals surface area contributed by atoms with Crippen LogP contribution < -0.4 is 10.6 Å². The Morgan fingerprint density at radius 3 is 2.62 bits per heavy atom. The molecule has 0 bridgehead atoms. The van der Waals surface area contributed by atoms with E-state index in [4.69, 9.17) is 5.11 Å². The van der Waals surface area contributed by atoms with E-state index < -0.39 is 0 Å². The average Bonchev–Trinajstić information content (AvgIpc) is 3.01. The van der Waals surface area contributed by atoms with Crippen LogP contribution in [-0.4, -0.2) is 36.2 Å². The molecule has 16 heavy (non-hydrogen) atoms. The van der Waals surface area contributed by atoms with Crippen molar-refractivity contribution in [3.05, 3.63) is 0 Å². The van der Waals surface area contributed by atoms with Gasteiger partial charge in [-0.15, -0.1) is 0 Å². The first kappa shape index (κ1) is 13.5. The van der Waals surface area contributed by atoms with Crippen molar-refractivity contribution in [2.75, 3.05) is 13.2 Å². The van der Waals surface area contributed by atoms with Crippen molar-refractivity contribution in [3.8, 4) is 0 Å². The third-order valence-corrected chi connectivity index (χ3v) is 2.95. The van der Waals surface area contributed by atoms with Crippen LogP contribution in [0.4, 0.5) is 0 Å². The number of amides is 1. The van der Waals surface area contributed by atoms with Gasteiger partial charge in [-0.25, -0.2) is 0 Å². The molecule has 94 valence electrons. The van der Waals surface area contributed by atoms with Crippen LogP contribution in [0.5, 0.6) is 0 Å². The van der Waals surface area contributed by atoms with Gasteiger partial charge in [0.2, 0.25) is 5.91 Å². The molecule has 1 fully saturated rings. The fourth-order valence-electron chi connectivity index (χ4n) is 1.67. The van der Waals surface area contributed by atoms with Crippen LogP contribution in [0.3, 0.4) is 0 Å². The molecule has 0 heterocycles. The largest absolute Gasteiger partial charge is 0.396 e. The lowest BCUT2D eigenvalue weighted by Gasteiger charge is -2.21. The SMILES string of the molecule is CC(C)C(CCO)NC(=O)CCNC1CC1. The first-order valence-electron chi connectivity index (χ1n) is 6.27. The van der Waals surface area contributed by atoms with Gasteiger partial charge in [0.05, 0.1) is 0 Å². The highest BCUT2D eigenvalue weighted by molar-refractivity contribution is 5.76. The number of nitrogens with one attached hydrogen (secondary N) is 2. The fourth-order valence-corrected chi connectivity index (χ4v) is 1.67. The Kier molecular flexibility index (Phi) is 5.77. The molecular weight excluding hydrogens is 204 g/mol. The van der Waals surface area contributed by atoms with E-state index in [1.807, 2.05) is 0 Å². The Morgan fingerprint density at radius 1 is 1.44 bits per heavy atom. The molecule has 4 heteroatoms. The van der Waals surface area contributed by atoms with Gasteiger partial charge in [0.25, 0.3) is 0 Å². The minimum absolute atomic E-state index is 0.0836. The standard InChI is InChI=1S/C12H24N2O2/c1-9(2)11(6-8-15)14-12(16)5-7-13-10-3-4-10/h9-11,13,15H,3-8H2,1-2H3,(H,14,16). The Morgan fingerprint density at radius 2 is 2.12 bits per heavy atom. The summed E-state index contributed by atoms with van der Waals surface area (Å²) in [7, 11) is 0. The number of aliphatic hydroxyl groups is 1. The third kappa shape index (κ3) is 5.47. The zero-order valence-corrected chi connectivity index (χ0v) is 10.3. The second-order valence-corrected chi connectivity index (χ2v) is 4.91. The number of aliphatic hydroxyl groups excluding tert-OH is 1. The lowest BCUT2D eigenvalue weighted by Crippen LogP contribution is -2.40. The molecule has 0 spiro atoms. The van der Waals surface area contributed by atoms with Crippen LogP contribution in [0.2, 0.25) is 0 Å². The number of hydrogen-bond acceptors (Lipinski definition) is 3. The molecule has 1 amide bonds. The number of rotatable bonds is 8. The summed E-state index contributed by atoms with van der Waals surface area (Å²) in [5, 5.41) is 15.2. The molecule has 1 aliphatic rings. The molecule has 0 aliphatic heterocycles. The van der Waals surface area contributed by atoms with Crippen molar-refractivity contribution < 1.29 is 9.90 Å². The zero-order chi connectivity index (χ0) is 12.0. The van der Waals surface area contributed by atoms with Gasteiger partial charge in [-0.3, -0.25) is 4.79 Å². The maximum Gasteiger partial charge on any atom is 0.221 e. The number of carbonyl (C=O) groups is 1. The van der Waals surface area contributed by atoms with E-state index in [0.29, 0.717) is 24.8 Å². The van der Waals surface area contributed by atoms with E-state index >= 15 is 0 Å². The van der Waals surface area contributed by atoms with E-state index in [2.05, 4.69) is 24.5 Å². The third-order valence-electron chi connectivity index (χ3n) is 2.95. The highest BCUT2D eigenvalue weighted by Crippen LogP contribution is 2.18. The summed E-state index contributed by atoms with van der Waals surface area (Å²) >= 11 is 0. The Balaban J connectivity index is 2.13. The predicted molar refractivity (Wildman–Crippen MR) is 64.1 cm³/mol. The molecule has 1 rings (SSSR count). The fraction of sp³-hybridized carbons (Fsp3) is 0.917. The van der Waals surface area contributed by atoms with Crippen molar-refractivity contribution in [2.24, 2.45) is 5.92 Å². The van der Waals surface area contributed by atoms with Gasteiger partial charge in [-0.1, -0.05) is 13.8 Å². The lowest BCUT2D eigenvalue weighted by molar-refractivity contribution is -0.122. The predicted octanol–water partition coefficient (Wildman–Crippen LogP) is 0.652. The van der Waals surface area contributed by atoms with Crippen LogP contribution >= 0.6 is 0 Å². The van der Waals surface area contributed by atoms with Gasteiger partial charge >= 0.3 is 0 Å². The second kappa shape index (κ2) is 6.86. The normalized spacial score (nSPS) is 17.5. The first-order valence-corrected chi connectivity index (χ1v) is 6.27. The van der Waals surface area contributed by atoms with E-state index in [-0.39, 0.29) is 18.6 Å². The van der Waals surface area contributed by atoms with Crippen molar-refractivity contribution >= 4 is 5.91 Å². The van der Waals surface area contributed by atoms with Crippen LogP contribution in [0.15, 0.2) is 0 Å². The first-order chi connectivity index (χ1) is 7.63. The molecular formula is C12H24N2O2. The maximum atomic E-state index is 11.6. The molecule has 0 radical (unpaired) electrons. The summed E-state index contributed by atoms with van der Waals surface area (Å²) in [6.07, 6.45) is 3.67. The van der Waals surface area contributed by atoms with E-state index in [0.717, 1.165) is 6.54 Å². The summed E-state index contributed by atoms with van der Waals surface area (Å²) in [5.74, 6) is 0.452. The smallest absolute Gasteiger partial charge is 0.221 e. The van der Waals surface area contributed by atoms with Gasteiger partial charge in [0.1, 0.15) is 0 Å². The molecule has 0 aromatic heterocycles. The highest BCUT2D eigenvalue weighted by Gasteiger charge is 2.20. The van der Waals surface area contributed by atoms with Gasteiger partial charge < -0.3 is 15.7 Å². The van der Waals surface area contributed by atoms with E-state index in [1.54, 1.807) is 0 Å². The Hall–Kier alpha value is -0.610. The van der Waals surface area contributed by atoms with Gasteiger partial charge in [0, 0.05) is 31.7 Å². The summed E-state index contributed by atoms with van der Waals surface area (Å²) in [4.78, 5) is 11.6. The summed E-state index contributed by atoms with van der Waals surface area (Å²) in [6.45, 7) is 5.01. The summed E-state index contributed by atoms with van der Waals surface area (Å²) in [5.41, 5.74) is 0. The number of carbonyl (C=O) groups excluding carboxylic acids is 1. The van der Waals surface area contributed by atoms with Crippen molar-refractivity contribution in [3.63, 3.8) is 0 Å². The summed E-state index contributed by atoms with van der Waals surface area (Å²) < 4.78 is 0. The van der Waals surface area contributed by atoms with Gasteiger partial charge in [-0.05, 0) is 25.2 Å². The van der Waals surface area contributed by atoms with Crippen LogP contribution in [-0.2, 0) is 4.79 Å². The molecule has 0 aromatic carbocycles. The van der Waals surface area contributed by atoms with Gasteiger partial charge in [0.15, 0.2) is 0 Å². The van der Waals surface area contributed by atoms with Gasteiger partial charge in [-0.2, -0.15) is 0 Å². The van der Waals surface area contributed by atoms with E-state index in [1.165, 1.54) is 12.8 Å².